The largest absolute Gasteiger partial charge is 0.391 e. The molecule has 3 atom stereocenters. The minimum Gasteiger partial charge on any atom is -0.391 e. The Labute approximate surface area is 118 Å². The number of nitrogens with zero attached hydrogens (tertiary/aromatic N) is 1. The van der Waals surface area contributed by atoms with Crippen LogP contribution in [0.25, 0.3) is 0 Å². The van der Waals surface area contributed by atoms with E-state index in [0.717, 1.165) is 44.4 Å². The average molecular weight is 269 g/mol. The summed E-state index contributed by atoms with van der Waals surface area (Å²) in [6, 6.07) is 0.342. The predicted octanol–water partition coefficient (Wildman–Crippen LogP) is 2.67. The standard InChI is InChI=1S/C16H31NO2/c1-3-4-13-7-8-16(18)15(11-13)17(2)9-10-19-12-14-5-6-14/h13-16,18H,3-12H2,1-2H3. The number of ether oxygens (including phenoxy) is 1. The Kier molecular flexibility index (Phi) is 6.11. The minimum absolute atomic E-state index is 0.137. The molecule has 3 nitrogen and oxygen atoms in total. The molecule has 0 bridgehead atoms. The number of hydrogen-bond acceptors (Lipinski definition) is 3. The third-order valence-electron chi connectivity index (χ3n) is 4.79. The third-order valence-corrected chi connectivity index (χ3v) is 4.79. The molecule has 2 rings (SSSR count). The molecule has 2 saturated carbocycles. The Morgan fingerprint density at radius 2 is 1.89 bits per heavy atom. The van der Waals surface area contributed by atoms with Crippen molar-refractivity contribution in [1.29, 1.82) is 0 Å². The molecule has 2 aliphatic rings. The van der Waals surface area contributed by atoms with Gasteiger partial charge in [0.15, 0.2) is 0 Å². The molecule has 2 fully saturated rings. The summed E-state index contributed by atoms with van der Waals surface area (Å²) in [6.07, 6.45) is 8.50. The number of aliphatic hydroxyl groups excluding tert-OH is 1. The first kappa shape index (κ1) is 15.3. The van der Waals surface area contributed by atoms with E-state index >= 15 is 0 Å². The van der Waals surface area contributed by atoms with Gasteiger partial charge in [0.1, 0.15) is 0 Å². The van der Waals surface area contributed by atoms with Crippen molar-refractivity contribution in [1.82, 2.24) is 4.90 Å². The predicted molar refractivity (Wildman–Crippen MR) is 78.2 cm³/mol. The lowest BCUT2D eigenvalue weighted by atomic mass is 9.81. The highest BCUT2D eigenvalue weighted by Gasteiger charge is 2.31. The highest BCUT2D eigenvalue weighted by molar-refractivity contribution is 4.85. The molecule has 112 valence electrons. The lowest BCUT2D eigenvalue weighted by molar-refractivity contribution is -0.000111. The van der Waals surface area contributed by atoms with E-state index in [0.29, 0.717) is 6.04 Å². The fourth-order valence-electron chi connectivity index (χ4n) is 3.27. The van der Waals surface area contributed by atoms with Gasteiger partial charge >= 0.3 is 0 Å². The van der Waals surface area contributed by atoms with Gasteiger partial charge in [-0.3, -0.25) is 4.90 Å². The molecular weight excluding hydrogens is 238 g/mol. The smallest absolute Gasteiger partial charge is 0.0695 e. The number of hydrogen-bond donors (Lipinski definition) is 1. The molecule has 0 aliphatic heterocycles. The molecule has 0 aromatic heterocycles. The summed E-state index contributed by atoms with van der Waals surface area (Å²) in [4.78, 5) is 2.32. The Hall–Kier alpha value is -0.120. The van der Waals surface area contributed by atoms with Crippen molar-refractivity contribution in [3.05, 3.63) is 0 Å². The average Bonchev–Trinajstić information content (AvgIpc) is 3.21. The van der Waals surface area contributed by atoms with Crippen LogP contribution < -0.4 is 0 Å². The molecule has 0 spiro atoms. The van der Waals surface area contributed by atoms with Gasteiger partial charge in [-0.15, -0.1) is 0 Å². The van der Waals surface area contributed by atoms with E-state index in [-0.39, 0.29) is 6.10 Å². The van der Waals surface area contributed by atoms with Crippen LogP contribution in [0.3, 0.4) is 0 Å². The molecule has 0 aromatic rings. The fourth-order valence-corrected chi connectivity index (χ4v) is 3.27. The van der Waals surface area contributed by atoms with Gasteiger partial charge in [0.05, 0.1) is 12.7 Å². The van der Waals surface area contributed by atoms with E-state index in [9.17, 15) is 5.11 Å². The second kappa shape index (κ2) is 7.61. The maximum Gasteiger partial charge on any atom is 0.0695 e. The van der Waals surface area contributed by atoms with E-state index in [4.69, 9.17) is 4.74 Å². The second-order valence-electron chi connectivity index (χ2n) is 6.60. The molecule has 1 N–H and O–H groups in total. The van der Waals surface area contributed by atoms with Crippen molar-refractivity contribution in [2.24, 2.45) is 11.8 Å². The molecule has 0 heterocycles. The molecule has 0 radical (unpaired) electrons. The summed E-state index contributed by atoms with van der Waals surface area (Å²) >= 11 is 0. The Morgan fingerprint density at radius 3 is 2.58 bits per heavy atom. The van der Waals surface area contributed by atoms with Crippen molar-refractivity contribution in [2.75, 3.05) is 26.8 Å². The quantitative estimate of drug-likeness (QED) is 0.688. The summed E-state index contributed by atoms with van der Waals surface area (Å²) in [6.45, 7) is 4.97. The maximum absolute atomic E-state index is 10.2. The van der Waals surface area contributed by atoms with E-state index < -0.39 is 0 Å². The highest BCUT2D eigenvalue weighted by Crippen LogP contribution is 2.31. The Bertz CT molecular complexity index is 255. The van der Waals surface area contributed by atoms with E-state index in [1.54, 1.807) is 0 Å². The van der Waals surface area contributed by atoms with Crippen LogP contribution in [-0.4, -0.2) is 49.0 Å². The van der Waals surface area contributed by atoms with Gasteiger partial charge in [0.2, 0.25) is 0 Å². The molecule has 0 amide bonds. The van der Waals surface area contributed by atoms with Crippen molar-refractivity contribution in [3.8, 4) is 0 Å². The molecule has 3 unspecified atom stereocenters. The first-order valence-electron chi connectivity index (χ1n) is 8.16. The van der Waals surface area contributed by atoms with Crippen LogP contribution >= 0.6 is 0 Å². The summed E-state index contributed by atoms with van der Waals surface area (Å²) in [5.74, 6) is 1.66. The zero-order valence-electron chi connectivity index (χ0n) is 12.7. The van der Waals surface area contributed by atoms with E-state index in [2.05, 4.69) is 18.9 Å². The first-order chi connectivity index (χ1) is 9.20. The topological polar surface area (TPSA) is 32.7 Å². The SMILES string of the molecule is CCCC1CCC(O)C(N(C)CCOCC2CC2)C1. The number of rotatable bonds is 8. The lowest BCUT2D eigenvalue weighted by Gasteiger charge is -2.39. The van der Waals surface area contributed by atoms with Gasteiger partial charge in [-0.2, -0.15) is 0 Å². The molecule has 0 saturated heterocycles. The number of likely N-dealkylation sites (N-methyl/N-ethyl adjacent to an activating group) is 1. The minimum atomic E-state index is -0.137. The van der Waals surface area contributed by atoms with E-state index in [1.165, 1.54) is 32.1 Å². The normalized spacial score (nSPS) is 31.9. The molecule has 2 aliphatic carbocycles. The molecule has 0 aromatic carbocycles. The van der Waals surface area contributed by atoms with Gasteiger partial charge in [-0.05, 0) is 51.0 Å². The van der Waals surface area contributed by atoms with Crippen LogP contribution in [0.15, 0.2) is 0 Å². The van der Waals surface area contributed by atoms with Crippen LogP contribution in [0.1, 0.15) is 51.9 Å². The van der Waals surface area contributed by atoms with Gasteiger partial charge in [0, 0.05) is 19.2 Å². The maximum atomic E-state index is 10.2. The van der Waals surface area contributed by atoms with Crippen molar-refractivity contribution in [2.45, 2.75) is 64.0 Å². The van der Waals surface area contributed by atoms with Gasteiger partial charge in [0.25, 0.3) is 0 Å². The van der Waals surface area contributed by atoms with Crippen molar-refractivity contribution < 1.29 is 9.84 Å². The second-order valence-corrected chi connectivity index (χ2v) is 6.60. The fraction of sp³-hybridized carbons (Fsp3) is 1.00. The third kappa shape index (κ3) is 5.05. The number of aliphatic hydroxyl groups is 1. The van der Waals surface area contributed by atoms with Gasteiger partial charge < -0.3 is 9.84 Å². The molecular formula is C16H31NO2. The summed E-state index contributed by atoms with van der Waals surface area (Å²) in [5, 5.41) is 10.2. The first-order valence-corrected chi connectivity index (χ1v) is 8.16. The Morgan fingerprint density at radius 1 is 1.16 bits per heavy atom. The zero-order chi connectivity index (χ0) is 13.7. The summed E-state index contributed by atoms with van der Waals surface area (Å²) < 4.78 is 5.71. The van der Waals surface area contributed by atoms with Crippen LogP contribution in [0.2, 0.25) is 0 Å². The summed E-state index contributed by atoms with van der Waals surface area (Å²) in [7, 11) is 2.14. The summed E-state index contributed by atoms with van der Waals surface area (Å²) in [5.41, 5.74) is 0. The van der Waals surface area contributed by atoms with Crippen LogP contribution in [-0.2, 0) is 4.74 Å². The van der Waals surface area contributed by atoms with Gasteiger partial charge in [-0.25, -0.2) is 0 Å². The van der Waals surface area contributed by atoms with Gasteiger partial charge in [-0.1, -0.05) is 19.8 Å². The highest BCUT2D eigenvalue weighted by atomic mass is 16.5. The monoisotopic (exact) mass is 269 g/mol. The lowest BCUT2D eigenvalue weighted by Crippen LogP contribution is -2.46. The van der Waals surface area contributed by atoms with Crippen LogP contribution in [0, 0.1) is 11.8 Å². The molecule has 3 heteroatoms. The zero-order valence-corrected chi connectivity index (χ0v) is 12.7. The van der Waals surface area contributed by atoms with Crippen molar-refractivity contribution in [3.63, 3.8) is 0 Å². The van der Waals surface area contributed by atoms with Crippen LogP contribution in [0.5, 0.6) is 0 Å². The molecule has 19 heavy (non-hydrogen) atoms. The Balaban J connectivity index is 1.67. The van der Waals surface area contributed by atoms with E-state index in [1.807, 2.05) is 0 Å². The van der Waals surface area contributed by atoms with Crippen molar-refractivity contribution >= 4 is 0 Å². The van der Waals surface area contributed by atoms with Crippen LogP contribution in [0.4, 0.5) is 0 Å².